The summed E-state index contributed by atoms with van der Waals surface area (Å²) in [7, 11) is 3.07. The number of carbonyl (C=O) groups is 1. The number of methoxy groups -OCH3 is 2. The first-order chi connectivity index (χ1) is 9.56. The maximum atomic E-state index is 12.3. The van der Waals surface area contributed by atoms with E-state index < -0.39 is 5.41 Å². The van der Waals surface area contributed by atoms with Crippen molar-refractivity contribution in [3.05, 3.63) is 18.2 Å². The third kappa shape index (κ3) is 3.02. The Morgan fingerprint density at radius 1 is 1.30 bits per heavy atom. The predicted octanol–water partition coefficient (Wildman–Crippen LogP) is 2.97. The molecule has 0 aliphatic heterocycles. The average Bonchev–Trinajstić information content (AvgIpc) is 2.50. The average molecular weight is 276 g/mol. The van der Waals surface area contributed by atoms with Gasteiger partial charge in [0.2, 0.25) is 5.91 Å². The van der Waals surface area contributed by atoms with E-state index in [-0.39, 0.29) is 5.91 Å². The van der Waals surface area contributed by atoms with Crippen molar-refractivity contribution in [2.24, 2.45) is 5.41 Å². The van der Waals surface area contributed by atoms with Crippen LogP contribution in [-0.4, -0.2) is 20.1 Å². The molecule has 0 spiro atoms. The number of ether oxygens (including phenoxy) is 2. The lowest BCUT2D eigenvalue weighted by Crippen LogP contribution is -2.34. The highest BCUT2D eigenvalue weighted by molar-refractivity contribution is 5.98. The van der Waals surface area contributed by atoms with Crippen molar-refractivity contribution in [1.82, 2.24) is 0 Å². The van der Waals surface area contributed by atoms with Crippen molar-refractivity contribution < 1.29 is 14.3 Å². The van der Waals surface area contributed by atoms with Crippen LogP contribution in [0.25, 0.3) is 0 Å². The van der Waals surface area contributed by atoms with Crippen molar-refractivity contribution in [2.75, 3.05) is 19.5 Å². The Bertz CT molecular complexity index is 516. The number of hydrogen-bond donors (Lipinski definition) is 1. The van der Waals surface area contributed by atoms with Gasteiger partial charge in [-0.15, -0.1) is 0 Å². The van der Waals surface area contributed by atoms with E-state index in [1.165, 1.54) is 7.11 Å². The van der Waals surface area contributed by atoms with Crippen LogP contribution >= 0.6 is 0 Å². The van der Waals surface area contributed by atoms with Gasteiger partial charge in [0.05, 0.1) is 26.0 Å². The molecule has 108 valence electrons. The molecule has 1 rings (SSSR count). The first-order valence-corrected chi connectivity index (χ1v) is 6.51. The minimum atomic E-state index is -1.01. The van der Waals surface area contributed by atoms with Crippen LogP contribution in [0.4, 0.5) is 5.69 Å². The fraction of sp³-hybridized carbons (Fsp3) is 0.467. The summed E-state index contributed by atoms with van der Waals surface area (Å²) in [6.45, 7) is 3.66. The van der Waals surface area contributed by atoms with E-state index in [2.05, 4.69) is 11.4 Å². The summed E-state index contributed by atoms with van der Waals surface area (Å²) in [5.74, 6) is 0.822. The minimum Gasteiger partial charge on any atom is -0.497 e. The molecule has 0 saturated carbocycles. The van der Waals surface area contributed by atoms with Crippen LogP contribution in [0.1, 0.15) is 26.7 Å². The highest BCUT2D eigenvalue weighted by Gasteiger charge is 2.35. The molecule has 0 aromatic heterocycles. The molecule has 1 aromatic carbocycles. The van der Waals surface area contributed by atoms with Gasteiger partial charge in [0.25, 0.3) is 0 Å². The van der Waals surface area contributed by atoms with Crippen molar-refractivity contribution >= 4 is 11.6 Å². The topological polar surface area (TPSA) is 71.4 Å². The van der Waals surface area contributed by atoms with Crippen LogP contribution in [0, 0.1) is 16.7 Å². The third-order valence-electron chi connectivity index (χ3n) is 3.51. The minimum absolute atomic E-state index is 0.312. The summed E-state index contributed by atoms with van der Waals surface area (Å²) >= 11 is 0. The van der Waals surface area contributed by atoms with Crippen molar-refractivity contribution in [3.63, 3.8) is 0 Å². The summed E-state index contributed by atoms with van der Waals surface area (Å²) in [6, 6.07) is 7.22. The summed E-state index contributed by atoms with van der Waals surface area (Å²) in [6.07, 6.45) is 0.925. The molecule has 0 fully saturated rings. The van der Waals surface area contributed by atoms with Gasteiger partial charge < -0.3 is 14.8 Å². The third-order valence-corrected chi connectivity index (χ3v) is 3.51. The lowest BCUT2D eigenvalue weighted by molar-refractivity contribution is -0.123. The summed E-state index contributed by atoms with van der Waals surface area (Å²) < 4.78 is 10.3. The highest BCUT2D eigenvalue weighted by Crippen LogP contribution is 2.32. The number of benzene rings is 1. The van der Waals surface area contributed by atoms with E-state index in [0.717, 1.165) is 0 Å². The lowest BCUT2D eigenvalue weighted by Gasteiger charge is -2.22. The van der Waals surface area contributed by atoms with Gasteiger partial charge in [-0.25, -0.2) is 0 Å². The van der Waals surface area contributed by atoms with Crippen LogP contribution in [0.2, 0.25) is 0 Å². The number of amides is 1. The number of nitrogens with one attached hydrogen (secondary N) is 1. The first kappa shape index (κ1) is 15.8. The van der Waals surface area contributed by atoms with Gasteiger partial charge in [0, 0.05) is 6.07 Å². The monoisotopic (exact) mass is 276 g/mol. The summed E-state index contributed by atoms with van der Waals surface area (Å²) in [5, 5.41) is 12.0. The zero-order valence-electron chi connectivity index (χ0n) is 12.3. The van der Waals surface area contributed by atoms with Crippen molar-refractivity contribution in [1.29, 1.82) is 5.26 Å². The van der Waals surface area contributed by atoms with E-state index in [1.54, 1.807) is 25.3 Å². The lowest BCUT2D eigenvalue weighted by atomic mass is 9.83. The number of anilines is 1. The Morgan fingerprint density at radius 2 is 1.95 bits per heavy atom. The second-order valence-corrected chi connectivity index (χ2v) is 4.42. The van der Waals surface area contributed by atoms with Crippen LogP contribution in [-0.2, 0) is 4.79 Å². The Hall–Kier alpha value is -2.22. The predicted molar refractivity (Wildman–Crippen MR) is 76.8 cm³/mol. The van der Waals surface area contributed by atoms with Gasteiger partial charge >= 0.3 is 0 Å². The Kier molecular flexibility index (Phi) is 5.39. The van der Waals surface area contributed by atoms with Gasteiger partial charge in [-0.3, -0.25) is 4.79 Å². The smallest absolute Gasteiger partial charge is 0.244 e. The molecule has 20 heavy (non-hydrogen) atoms. The summed E-state index contributed by atoms with van der Waals surface area (Å²) in [5.41, 5.74) is -0.481. The van der Waals surface area contributed by atoms with E-state index in [1.807, 2.05) is 13.8 Å². The molecule has 0 bridgehead atoms. The van der Waals surface area contributed by atoms with Crippen LogP contribution in [0.15, 0.2) is 18.2 Å². The molecule has 0 heterocycles. The van der Waals surface area contributed by atoms with E-state index in [4.69, 9.17) is 9.47 Å². The molecular formula is C15H20N2O3. The molecule has 1 aromatic rings. The van der Waals surface area contributed by atoms with Gasteiger partial charge in [-0.2, -0.15) is 5.26 Å². The number of rotatable bonds is 6. The second-order valence-electron chi connectivity index (χ2n) is 4.42. The molecule has 0 atom stereocenters. The summed E-state index contributed by atoms with van der Waals surface area (Å²) in [4.78, 5) is 12.3. The Labute approximate surface area is 119 Å². The van der Waals surface area contributed by atoms with Crippen molar-refractivity contribution in [2.45, 2.75) is 26.7 Å². The number of nitrogens with zero attached hydrogens (tertiary/aromatic N) is 1. The Balaban J connectivity index is 3.04. The normalized spacial score (nSPS) is 10.6. The number of nitriles is 1. The maximum absolute atomic E-state index is 12.3. The fourth-order valence-electron chi connectivity index (χ4n) is 1.92. The molecular weight excluding hydrogens is 256 g/mol. The zero-order valence-corrected chi connectivity index (χ0v) is 12.3. The molecule has 0 unspecified atom stereocenters. The van der Waals surface area contributed by atoms with Gasteiger partial charge in [0.15, 0.2) is 0 Å². The van der Waals surface area contributed by atoms with Crippen LogP contribution < -0.4 is 14.8 Å². The largest absolute Gasteiger partial charge is 0.497 e. The standard InChI is InChI=1S/C15H20N2O3/c1-5-15(6-2,10-16)14(18)17-12-8-7-11(19-3)9-13(12)20-4/h7-9H,5-6H2,1-4H3,(H,17,18). The molecule has 0 radical (unpaired) electrons. The molecule has 0 aliphatic carbocycles. The van der Waals surface area contributed by atoms with Crippen LogP contribution in [0.5, 0.6) is 11.5 Å². The number of hydrogen-bond acceptors (Lipinski definition) is 4. The molecule has 1 amide bonds. The van der Waals surface area contributed by atoms with Gasteiger partial charge in [0.1, 0.15) is 16.9 Å². The zero-order chi connectivity index (χ0) is 15.2. The first-order valence-electron chi connectivity index (χ1n) is 6.51. The number of carbonyl (C=O) groups excluding carboxylic acids is 1. The quantitative estimate of drug-likeness (QED) is 0.867. The molecule has 1 N–H and O–H groups in total. The molecule has 0 saturated heterocycles. The van der Waals surface area contributed by atoms with E-state index in [9.17, 15) is 10.1 Å². The molecule has 5 heteroatoms. The second kappa shape index (κ2) is 6.80. The van der Waals surface area contributed by atoms with Crippen LogP contribution in [0.3, 0.4) is 0 Å². The Morgan fingerprint density at radius 3 is 2.40 bits per heavy atom. The van der Waals surface area contributed by atoms with Gasteiger partial charge in [-0.1, -0.05) is 13.8 Å². The molecule has 0 aliphatic rings. The highest BCUT2D eigenvalue weighted by atomic mass is 16.5. The molecule has 5 nitrogen and oxygen atoms in total. The van der Waals surface area contributed by atoms with Crippen molar-refractivity contribution in [3.8, 4) is 17.6 Å². The fourth-order valence-corrected chi connectivity index (χ4v) is 1.92. The SMILES string of the molecule is CCC(C#N)(CC)C(=O)Nc1ccc(OC)cc1OC. The van der Waals surface area contributed by atoms with E-state index in [0.29, 0.717) is 30.0 Å². The van der Waals surface area contributed by atoms with E-state index >= 15 is 0 Å². The van der Waals surface area contributed by atoms with Gasteiger partial charge in [-0.05, 0) is 25.0 Å². The maximum Gasteiger partial charge on any atom is 0.244 e.